The summed E-state index contributed by atoms with van der Waals surface area (Å²) in [5, 5.41) is 5.83. The van der Waals surface area contributed by atoms with Crippen molar-refractivity contribution in [3.05, 3.63) is 0 Å². The Hall–Kier alpha value is -1.26. The number of rotatable bonds is 8. The number of carbonyl (C=O) groups is 2. The number of ether oxygens (including phenoxy) is 1. The Morgan fingerprint density at radius 1 is 1.04 bits per heavy atom. The van der Waals surface area contributed by atoms with Crippen LogP contribution in [0.5, 0.6) is 0 Å². The molecular formula is C18H36N2O3. The molecule has 0 rings (SSSR count). The van der Waals surface area contributed by atoms with Crippen molar-refractivity contribution in [2.75, 3.05) is 0 Å². The van der Waals surface area contributed by atoms with Crippen molar-refractivity contribution in [3.63, 3.8) is 0 Å². The highest BCUT2D eigenvalue weighted by Crippen LogP contribution is 2.14. The summed E-state index contributed by atoms with van der Waals surface area (Å²) in [5.41, 5.74) is -0.580. The van der Waals surface area contributed by atoms with Gasteiger partial charge in [-0.3, -0.25) is 4.79 Å². The lowest BCUT2D eigenvalue weighted by molar-refractivity contribution is -0.125. The van der Waals surface area contributed by atoms with Crippen LogP contribution < -0.4 is 10.6 Å². The molecule has 0 aromatic carbocycles. The number of hydrogen-bond acceptors (Lipinski definition) is 3. The lowest BCUT2D eigenvalue weighted by Gasteiger charge is -2.29. The molecule has 0 saturated carbocycles. The molecule has 0 radical (unpaired) electrons. The third-order valence-electron chi connectivity index (χ3n) is 3.90. The van der Waals surface area contributed by atoms with E-state index >= 15 is 0 Å². The van der Waals surface area contributed by atoms with E-state index in [1.807, 2.05) is 13.8 Å². The molecule has 0 heterocycles. The van der Waals surface area contributed by atoms with Gasteiger partial charge in [0.25, 0.3) is 0 Å². The van der Waals surface area contributed by atoms with Gasteiger partial charge in [-0.25, -0.2) is 4.79 Å². The summed E-state index contributed by atoms with van der Waals surface area (Å²) in [7, 11) is 0. The zero-order chi connectivity index (χ0) is 18.2. The molecule has 0 spiro atoms. The van der Waals surface area contributed by atoms with Gasteiger partial charge in [0.05, 0.1) is 0 Å². The first-order chi connectivity index (χ1) is 10.5. The fourth-order valence-corrected chi connectivity index (χ4v) is 2.29. The number of hydrogen-bond donors (Lipinski definition) is 2. The van der Waals surface area contributed by atoms with Gasteiger partial charge in [0.1, 0.15) is 11.6 Å². The maximum absolute atomic E-state index is 12.7. The molecule has 0 fully saturated rings. The molecule has 2 amide bonds. The van der Waals surface area contributed by atoms with E-state index in [9.17, 15) is 9.59 Å². The average Bonchev–Trinajstić information content (AvgIpc) is 2.41. The van der Waals surface area contributed by atoms with Gasteiger partial charge in [0.15, 0.2) is 0 Å². The number of alkyl carbamates (subject to hydrolysis) is 1. The van der Waals surface area contributed by atoms with Crippen LogP contribution in [0, 0.1) is 11.8 Å². The molecule has 0 aromatic heterocycles. The summed E-state index contributed by atoms with van der Waals surface area (Å²) in [6.45, 7) is 15.7. The van der Waals surface area contributed by atoms with E-state index in [4.69, 9.17) is 4.74 Å². The van der Waals surface area contributed by atoms with E-state index < -0.39 is 17.7 Å². The molecule has 0 aliphatic rings. The molecule has 3 unspecified atom stereocenters. The van der Waals surface area contributed by atoms with Gasteiger partial charge >= 0.3 is 6.09 Å². The van der Waals surface area contributed by atoms with Gasteiger partial charge in [-0.1, -0.05) is 47.5 Å². The molecule has 136 valence electrons. The van der Waals surface area contributed by atoms with Crippen molar-refractivity contribution in [2.45, 2.75) is 92.3 Å². The van der Waals surface area contributed by atoms with Crippen molar-refractivity contribution in [1.29, 1.82) is 0 Å². The number of nitrogens with one attached hydrogen (secondary N) is 2. The summed E-state index contributed by atoms with van der Waals surface area (Å²) >= 11 is 0. The molecule has 0 saturated heterocycles. The predicted molar refractivity (Wildman–Crippen MR) is 94.3 cm³/mol. The van der Waals surface area contributed by atoms with Crippen LogP contribution in [0.4, 0.5) is 4.79 Å². The van der Waals surface area contributed by atoms with Crippen LogP contribution in [0.1, 0.15) is 74.7 Å². The quantitative estimate of drug-likeness (QED) is 0.711. The molecule has 0 aromatic rings. The van der Waals surface area contributed by atoms with E-state index in [1.165, 1.54) is 0 Å². The van der Waals surface area contributed by atoms with Crippen molar-refractivity contribution in [3.8, 4) is 0 Å². The summed E-state index contributed by atoms with van der Waals surface area (Å²) in [4.78, 5) is 24.7. The normalized spacial score (nSPS) is 15.7. The Morgan fingerprint density at radius 2 is 1.61 bits per heavy atom. The molecule has 0 bridgehead atoms. The Labute approximate surface area is 141 Å². The second kappa shape index (κ2) is 9.78. The van der Waals surface area contributed by atoms with Gasteiger partial charge in [0, 0.05) is 6.04 Å². The third kappa shape index (κ3) is 8.82. The average molecular weight is 328 g/mol. The first-order valence-corrected chi connectivity index (χ1v) is 8.81. The highest BCUT2D eigenvalue weighted by Gasteiger charge is 2.29. The molecular weight excluding hydrogens is 292 g/mol. The smallest absolute Gasteiger partial charge is 0.408 e. The summed E-state index contributed by atoms with van der Waals surface area (Å²) in [5.74, 6) is 0.271. The predicted octanol–water partition coefficient (Wildman–Crippen LogP) is 3.87. The highest BCUT2D eigenvalue weighted by molar-refractivity contribution is 5.86. The lowest BCUT2D eigenvalue weighted by atomic mass is 9.95. The van der Waals surface area contributed by atoms with Crippen molar-refractivity contribution >= 4 is 12.0 Å². The highest BCUT2D eigenvalue weighted by atomic mass is 16.6. The van der Waals surface area contributed by atoms with Crippen molar-refractivity contribution < 1.29 is 14.3 Å². The molecule has 5 heteroatoms. The van der Waals surface area contributed by atoms with Crippen LogP contribution in [0.15, 0.2) is 0 Å². The second-order valence-electron chi connectivity index (χ2n) is 7.66. The van der Waals surface area contributed by atoms with Crippen LogP contribution in [-0.4, -0.2) is 29.7 Å². The Morgan fingerprint density at radius 3 is 2.00 bits per heavy atom. The Balaban J connectivity index is 4.95. The maximum atomic E-state index is 12.7. The summed E-state index contributed by atoms with van der Waals surface area (Å²) in [6.07, 6.45) is 2.20. The zero-order valence-corrected chi connectivity index (χ0v) is 16.2. The fraction of sp³-hybridized carbons (Fsp3) is 0.889. The molecule has 3 atom stereocenters. The van der Waals surface area contributed by atoms with Crippen LogP contribution in [0.2, 0.25) is 0 Å². The minimum Gasteiger partial charge on any atom is -0.444 e. The number of carbonyl (C=O) groups excluding carboxylic acids is 2. The largest absolute Gasteiger partial charge is 0.444 e. The van der Waals surface area contributed by atoms with Gasteiger partial charge < -0.3 is 15.4 Å². The minimum atomic E-state index is -0.580. The Kier molecular flexibility index (Phi) is 9.25. The topological polar surface area (TPSA) is 67.4 Å². The van der Waals surface area contributed by atoms with Crippen LogP contribution in [-0.2, 0) is 9.53 Å². The van der Waals surface area contributed by atoms with Crippen LogP contribution >= 0.6 is 0 Å². The number of amides is 2. The van der Waals surface area contributed by atoms with Crippen molar-refractivity contribution in [2.24, 2.45) is 11.8 Å². The summed E-state index contributed by atoms with van der Waals surface area (Å²) < 4.78 is 5.28. The van der Waals surface area contributed by atoms with E-state index in [-0.39, 0.29) is 17.9 Å². The van der Waals surface area contributed by atoms with E-state index in [2.05, 4.69) is 31.4 Å². The zero-order valence-electron chi connectivity index (χ0n) is 16.2. The van der Waals surface area contributed by atoms with Crippen molar-refractivity contribution in [1.82, 2.24) is 10.6 Å². The standard InChI is InChI=1S/C18H36N2O3/c1-9-11-14(12(3)4)19-16(21)15(13(5)10-2)20-17(22)23-18(6,7)8/h12-15H,9-11H2,1-8H3,(H,19,21)(H,20,22). The lowest BCUT2D eigenvalue weighted by Crippen LogP contribution is -2.54. The molecule has 0 aliphatic carbocycles. The van der Waals surface area contributed by atoms with Gasteiger partial charge in [0.2, 0.25) is 5.91 Å². The van der Waals surface area contributed by atoms with E-state index in [0.29, 0.717) is 5.92 Å². The Bertz CT molecular complexity index is 375. The first-order valence-electron chi connectivity index (χ1n) is 8.81. The van der Waals surface area contributed by atoms with E-state index in [1.54, 1.807) is 20.8 Å². The monoisotopic (exact) mass is 328 g/mol. The molecule has 0 aliphatic heterocycles. The maximum Gasteiger partial charge on any atom is 0.408 e. The van der Waals surface area contributed by atoms with E-state index in [0.717, 1.165) is 19.3 Å². The first kappa shape index (κ1) is 21.7. The minimum absolute atomic E-state index is 0.0388. The van der Waals surface area contributed by atoms with Gasteiger partial charge in [-0.15, -0.1) is 0 Å². The summed E-state index contributed by atoms with van der Waals surface area (Å²) in [6, 6.07) is -0.451. The molecule has 2 N–H and O–H groups in total. The van der Waals surface area contributed by atoms with Gasteiger partial charge in [-0.2, -0.15) is 0 Å². The van der Waals surface area contributed by atoms with Crippen LogP contribution in [0.3, 0.4) is 0 Å². The SMILES string of the molecule is CCCC(NC(=O)C(NC(=O)OC(C)(C)C)C(C)CC)C(C)C. The third-order valence-corrected chi connectivity index (χ3v) is 3.90. The fourth-order valence-electron chi connectivity index (χ4n) is 2.29. The van der Waals surface area contributed by atoms with Crippen LogP contribution in [0.25, 0.3) is 0 Å². The second-order valence-corrected chi connectivity index (χ2v) is 7.66. The molecule has 23 heavy (non-hydrogen) atoms. The van der Waals surface area contributed by atoms with Gasteiger partial charge in [-0.05, 0) is 39.0 Å². The molecule has 5 nitrogen and oxygen atoms in total.